The summed E-state index contributed by atoms with van der Waals surface area (Å²) in [6.45, 7) is 3.94. The second kappa shape index (κ2) is 7.25. The smallest absolute Gasteiger partial charge is 0.296 e. The van der Waals surface area contributed by atoms with E-state index in [2.05, 4.69) is 5.32 Å². The summed E-state index contributed by atoms with van der Waals surface area (Å²) < 4.78 is 23.6. The molecule has 27 heavy (non-hydrogen) atoms. The first-order valence-corrected chi connectivity index (χ1v) is 8.58. The number of carbonyl (C=O) groups is 3. The molecule has 0 aliphatic carbocycles. The van der Waals surface area contributed by atoms with E-state index in [1.54, 1.807) is 6.92 Å². The minimum atomic E-state index is -0.866. The molecule has 1 aliphatic rings. The van der Waals surface area contributed by atoms with Crippen LogP contribution in [0.25, 0.3) is 0 Å². The lowest BCUT2D eigenvalue weighted by Crippen LogP contribution is -2.61. The van der Waals surface area contributed by atoms with Gasteiger partial charge in [-0.1, -0.05) is 17.7 Å². The Morgan fingerprint density at radius 1 is 1.26 bits per heavy atom. The molecule has 1 aliphatic heterocycles. The van der Waals surface area contributed by atoms with E-state index in [1.807, 2.05) is 0 Å². The van der Waals surface area contributed by atoms with Gasteiger partial charge in [-0.2, -0.15) is 0 Å². The zero-order valence-electron chi connectivity index (χ0n) is 14.7. The van der Waals surface area contributed by atoms with Crippen LogP contribution in [-0.2, 0) is 16.0 Å². The number of ketones is 2. The van der Waals surface area contributed by atoms with E-state index in [0.717, 1.165) is 0 Å². The van der Waals surface area contributed by atoms with E-state index in [9.17, 15) is 18.8 Å². The zero-order valence-corrected chi connectivity index (χ0v) is 15.5. The summed E-state index contributed by atoms with van der Waals surface area (Å²) in [7, 11) is 0. The normalized spacial score (nSPS) is 15.1. The van der Waals surface area contributed by atoms with Crippen LogP contribution in [0, 0.1) is 12.7 Å². The van der Waals surface area contributed by atoms with Crippen LogP contribution in [0.3, 0.4) is 0 Å². The fraction of sp³-hybridized carbons (Fsp3) is 0.316. The summed E-state index contributed by atoms with van der Waals surface area (Å²) in [5, 5.41) is 2.51. The topological polar surface area (TPSA) is 85.6 Å². The van der Waals surface area contributed by atoms with E-state index in [0.29, 0.717) is 18.8 Å². The summed E-state index contributed by atoms with van der Waals surface area (Å²) in [5.74, 6) is -2.58. The van der Waals surface area contributed by atoms with Crippen LogP contribution in [0.1, 0.15) is 39.2 Å². The molecular formula is C19H17ClFNO5. The Bertz CT molecular complexity index is 932. The molecule has 0 bridgehead atoms. The van der Waals surface area contributed by atoms with Gasteiger partial charge in [0.1, 0.15) is 11.6 Å². The Kier molecular flexibility index (Phi) is 5.17. The van der Waals surface area contributed by atoms with E-state index < -0.39 is 23.0 Å². The predicted molar refractivity (Wildman–Crippen MR) is 94.6 cm³/mol. The van der Waals surface area contributed by atoms with E-state index >= 15 is 0 Å². The van der Waals surface area contributed by atoms with Crippen LogP contribution in [0.4, 0.5) is 4.39 Å². The number of furan rings is 1. The molecule has 6 nitrogen and oxygen atoms in total. The molecule has 1 saturated heterocycles. The molecule has 1 aromatic carbocycles. The number of Topliss-reactive ketones (excluding diaryl/α,β-unsaturated/α-hetero) is 2. The second-order valence-electron chi connectivity index (χ2n) is 6.77. The summed E-state index contributed by atoms with van der Waals surface area (Å²) in [5.41, 5.74) is 0.134. The van der Waals surface area contributed by atoms with Gasteiger partial charge in [0.15, 0.2) is 11.5 Å². The molecule has 142 valence electrons. The highest BCUT2D eigenvalue weighted by atomic mass is 35.5. The van der Waals surface area contributed by atoms with Crippen molar-refractivity contribution in [3.8, 4) is 0 Å². The highest BCUT2D eigenvalue weighted by Gasteiger charge is 2.37. The fourth-order valence-electron chi connectivity index (χ4n) is 2.72. The molecule has 3 rings (SSSR count). The van der Waals surface area contributed by atoms with Gasteiger partial charge in [0.2, 0.25) is 0 Å². The highest BCUT2D eigenvalue weighted by Crippen LogP contribution is 2.21. The van der Waals surface area contributed by atoms with Crippen molar-refractivity contribution < 1.29 is 27.9 Å². The first kappa shape index (κ1) is 19.3. The number of hydrogen-bond donors (Lipinski definition) is 1. The molecule has 0 spiro atoms. The molecule has 1 aromatic heterocycles. The molecule has 1 fully saturated rings. The van der Waals surface area contributed by atoms with Crippen molar-refractivity contribution in [1.29, 1.82) is 0 Å². The fourth-order valence-corrected chi connectivity index (χ4v) is 2.93. The average molecular weight is 394 g/mol. The SMILES string of the molecule is Cc1oc(C(=O)C(=O)NC2(C)COC2)cc1C(=O)Cc1ccc(F)c(Cl)c1. The summed E-state index contributed by atoms with van der Waals surface area (Å²) in [4.78, 5) is 36.9. The minimum absolute atomic E-state index is 0.0460. The third-order valence-electron chi connectivity index (χ3n) is 4.25. The van der Waals surface area contributed by atoms with E-state index in [-0.39, 0.29) is 34.3 Å². The van der Waals surface area contributed by atoms with Crippen molar-refractivity contribution >= 4 is 29.1 Å². The van der Waals surface area contributed by atoms with Gasteiger partial charge in [0, 0.05) is 6.42 Å². The maximum absolute atomic E-state index is 13.2. The monoisotopic (exact) mass is 393 g/mol. The van der Waals surface area contributed by atoms with Gasteiger partial charge in [0.05, 0.1) is 29.3 Å². The largest absolute Gasteiger partial charge is 0.457 e. The number of ether oxygens (including phenoxy) is 1. The predicted octanol–water partition coefficient (Wildman–Crippen LogP) is 2.89. The average Bonchev–Trinajstić information content (AvgIpc) is 2.98. The molecule has 1 amide bonds. The van der Waals surface area contributed by atoms with Crippen LogP contribution >= 0.6 is 11.6 Å². The summed E-state index contributed by atoms with van der Waals surface area (Å²) >= 11 is 5.72. The van der Waals surface area contributed by atoms with Crippen LogP contribution < -0.4 is 5.32 Å². The van der Waals surface area contributed by atoms with Gasteiger partial charge in [-0.15, -0.1) is 0 Å². The number of benzene rings is 1. The standard InChI is InChI=1S/C19H17ClFNO5/c1-10-12(15(23)6-11-3-4-14(21)13(20)5-11)7-16(27-10)17(24)18(25)22-19(2)8-26-9-19/h3-5,7H,6,8-9H2,1-2H3,(H,22,25). The van der Waals surface area contributed by atoms with Gasteiger partial charge < -0.3 is 14.5 Å². The lowest BCUT2D eigenvalue weighted by Gasteiger charge is -2.38. The van der Waals surface area contributed by atoms with Gasteiger partial charge in [0.25, 0.3) is 11.7 Å². The third kappa shape index (κ3) is 4.09. The van der Waals surface area contributed by atoms with Crippen LogP contribution in [0.15, 0.2) is 28.7 Å². The Morgan fingerprint density at radius 3 is 2.56 bits per heavy atom. The number of amides is 1. The zero-order chi connectivity index (χ0) is 19.8. The minimum Gasteiger partial charge on any atom is -0.457 e. The Balaban J connectivity index is 1.73. The van der Waals surface area contributed by atoms with Crippen molar-refractivity contribution in [2.75, 3.05) is 13.2 Å². The molecule has 2 heterocycles. The molecule has 0 radical (unpaired) electrons. The molecule has 8 heteroatoms. The first-order valence-electron chi connectivity index (χ1n) is 8.21. The summed E-state index contributed by atoms with van der Waals surface area (Å²) in [6, 6.07) is 5.25. The molecular weight excluding hydrogens is 377 g/mol. The van der Waals surface area contributed by atoms with Gasteiger partial charge >= 0.3 is 0 Å². The van der Waals surface area contributed by atoms with Gasteiger partial charge in [-0.05, 0) is 37.6 Å². The molecule has 1 N–H and O–H groups in total. The Morgan fingerprint density at radius 2 is 1.96 bits per heavy atom. The Hall–Kier alpha value is -2.51. The van der Waals surface area contributed by atoms with Crippen molar-refractivity contribution in [3.05, 3.63) is 57.8 Å². The number of halogens is 2. The lowest BCUT2D eigenvalue weighted by atomic mass is 10.00. The molecule has 0 saturated carbocycles. The Labute approximate surface area is 159 Å². The van der Waals surface area contributed by atoms with Crippen molar-refractivity contribution in [1.82, 2.24) is 5.32 Å². The molecule has 0 unspecified atom stereocenters. The van der Waals surface area contributed by atoms with Crippen molar-refractivity contribution in [3.63, 3.8) is 0 Å². The van der Waals surface area contributed by atoms with Crippen molar-refractivity contribution in [2.45, 2.75) is 25.8 Å². The molecule has 2 aromatic rings. The lowest BCUT2D eigenvalue weighted by molar-refractivity contribution is -0.127. The number of rotatable bonds is 6. The number of carbonyl (C=O) groups excluding carboxylic acids is 3. The second-order valence-corrected chi connectivity index (χ2v) is 7.17. The number of aryl methyl sites for hydroxylation is 1. The van der Waals surface area contributed by atoms with Crippen LogP contribution in [-0.4, -0.2) is 36.2 Å². The van der Waals surface area contributed by atoms with Crippen molar-refractivity contribution in [2.24, 2.45) is 0 Å². The van der Waals surface area contributed by atoms with E-state index in [4.69, 9.17) is 20.8 Å². The van der Waals surface area contributed by atoms with E-state index in [1.165, 1.54) is 31.2 Å². The number of hydrogen-bond acceptors (Lipinski definition) is 5. The van der Waals surface area contributed by atoms with Crippen LogP contribution in [0.2, 0.25) is 5.02 Å². The third-order valence-corrected chi connectivity index (χ3v) is 4.54. The highest BCUT2D eigenvalue weighted by molar-refractivity contribution is 6.42. The van der Waals surface area contributed by atoms with Crippen LogP contribution in [0.5, 0.6) is 0 Å². The summed E-state index contributed by atoms with van der Waals surface area (Å²) in [6.07, 6.45) is -0.0460. The number of nitrogens with one attached hydrogen (secondary N) is 1. The maximum atomic E-state index is 13.2. The van der Waals surface area contributed by atoms with Gasteiger partial charge in [-0.25, -0.2) is 4.39 Å². The molecule has 0 atom stereocenters. The first-order chi connectivity index (χ1) is 12.7. The van der Waals surface area contributed by atoms with Gasteiger partial charge in [-0.3, -0.25) is 14.4 Å². The maximum Gasteiger partial charge on any atom is 0.296 e. The quantitative estimate of drug-likeness (QED) is 0.602.